The molecule has 10 heteroatoms. The number of fused-ring (bicyclic) bond motifs is 3. The number of hydrogen-bond donors (Lipinski definition) is 1. The van der Waals surface area contributed by atoms with Gasteiger partial charge in [0.25, 0.3) is 5.82 Å². The fourth-order valence-corrected chi connectivity index (χ4v) is 6.25. The van der Waals surface area contributed by atoms with E-state index in [9.17, 15) is 4.79 Å². The van der Waals surface area contributed by atoms with Crippen LogP contribution < -0.4 is 9.80 Å². The first-order chi connectivity index (χ1) is 21.5. The molecule has 0 bridgehead atoms. The van der Waals surface area contributed by atoms with Crippen molar-refractivity contribution in [2.45, 2.75) is 58.8 Å². The lowest BCUT2D eigenvalue weighted by Gasteiger charge is -2.23. The van der Waals surface area contributed by atoms with Gasteiger partial charge in [-0.3, -0.25) is 9.72 Å². The van der Waals surface area contributed by atoms with Crippen molar-refractivity contribution in [1.82, 2.24) is 23.9 Å². The van der Waals surface area contributed by atoms with Gasteiger partial charge < -0.3 is 14.2 Å². The van der Waals surface area contributed by atoms with Crippen molar-refractivity contribution in [3.8, 4) is 11.3 Å². The molecule has 3 aromatic heterocycles. The molecule has 0 saturated heterocycles. The van der Waals surface area contributed by atoms with Gasteiger partial charge in [0.15, 0.2) is 4.96 Å². The fourth-order valence-electron chi connectivity index (χ4n) is 5.18. The molecule has 0 aliphatic heterocycles. The minimum atomic E-state index is -0.203. The Morgan fingerprint density at radius 3 is 2.56 bits per heavy atom. The van der Waals surface area contributed by atoms with Gasteiger partial charge >= 0.3 is 6.03 Å². The van der Waals surface area contributed by atoms with Gasteiger partial charge in [-0.25, -0.2) is 9.78 Å². The summed E-state index contributed by atoms with van der Waals surface area (Å²) in [6.45, 7) is 11.9. The maximum atomic E-state index is 13.2. The molecular weight excluding hydrogens is 584 g/mol. The van der Waals surface area contributed by atoms with Gasteiger partial charge in [0.1, 0.15) is 5.76 Å². The average molecular weight is 632 g/mol. The topological polar surface area (TPSA) is 84.9 Å². The van der Waals surface area contributed by atoms with E-state index in [2.05, 4.69) is 72.0 Å². The highest BCUT2D eigenvalue weighted by atomic mass is 32.1. The lowest BCUT2D eigenvalue weighted by molar-refractivity contribution is 0.121. The highest BCUT2D eigenvalue weighted by Gasteiger charge is 2.35. The molecule has 5 rings (SSSR count). The summed E-state index contributed by atoms with van der Waals surface area (Å²) in [5.74, 6) is 1.30. The maximum Gasteiger partial charge on any atom is 0.427 e. The average Bonchev–Trinajstić information content (AvgIpc) is 3.73. The number of nitrogens with zero attached hydrogens (tertiary/aromatic N) is 5. The van der Waals surface area contributed by atoms with Crippen LogP contribution in [-0.2, 0) is 16.6 Å². The molecule has 0 fully saturated rings. The molecule has 0 aliphatic rings. The first kappa shape index (κ1) is 32.8. The number of aryl methyl sites for hydroxylation is 1. The lowest BCUT2D eigenvalue weighted by atomic mass is 9.93. The highest BCUT2D eigenvalue weighted by Crippen LogP contribution is 2.32. The second-order valence-corrected chi connectivity index (χ2v) is 14.3. The molecular formula is C35H47N6O3S+. The quantitative estimate of drug-likeness (QED) is 0.105. The Bertz CT molecular complexity index is 1730. The van der Waals surface area contributed by atoms with E-state index in [0.717, 1.165) is 54.7 Å². The van der Waals surface area contributed by atoms with Crippen LogP contribution in [0.1, 0.15) is 58.3 Å². The van der Waals surface area contributed by atoms with Crippen molar-refractivity contribution in [2.24, 2.45) is 0 Å². The molecule has 0 radical (unpaired) electrons. The van der Waals surface area contributed by atoms with Crippen molar-refractivity contribution in [1.29, 1.82) is 0 Å². The second kappa shape index (κ2) is 13.8. The number of quaternary nitrogens is 1. The molecule has 3 heterocycles. The number of urea groups is 1. The monoisotopic (exact) mass is 631 g/mol. The van der Waals surface area contributed by atoms with Gasteiger partial charge in [0.2, 0.25) is 0 Å². The van der Waals surface area contributed by atoms with E-state index in [0.29, 0.717) is 11.5 Å². The van der Waals surface area contributed by atoms with Crippen molar-refractivity contribution in [3.05, 3.63) is 66.1 Å². The molecule has 9 nitrogen and oxygen atoms in total. The zero-order valence-corrected chi connectivity index (χ0v) is 28.5. The van der Waals surface area contributed by atoms with E-state index in [1.807, 2.05) is 37.3 Å². The molecule has 0 unspecified atom stereocenters. The summed E-state index contributed by atoms with van der Waals surface area (Å²) in [7, 11) is 5.77. The maximum absolute atomic E-state index is 13.2. The van der Waals surface area contributed by atoms with E-state index in [1.54, 1.807) is 25.4 Å². The molecule has 2 amide bonds. The Kier molecular flexibility index (Phi) is 10.1. The Labute approximate surface area is 270 Å². The van der Waals surface area contributed by atoms with Crippen LogP contribution >= 0.6 is 11.3 Å². The number of likely N-dealkylation sites (N-methyl/N-ethyl adjacent to an activating group) is 1. The van der Waals surface area contributed by atoms with E-state index >= 15 is 0 Å². The van der Waals surface area contributed by atoms with Crippen LogP contribution in [0.2, 0.25) is 0 Å². The summed E-state index contributed by atoms with van der Waals surface area (Å²) in [4.78, 5) is 21.5. The summed E-state index contributed by atoms with van der Waals surface area (Å²) in [5.41, 5.74) is 4.99. The van der Waals surface area contributed by atoms with Gasteiger partial charge in [-0.05, 0) is 74.8 Å². The smallest absolute Gasteiger partial charge is 0.380 e. The molecule has 0 aliphatic carbocycles. The first-order valence-electron chi connectivity index (χ1n) is 15.9. The van der Waals surface area contributed by atoms with Crippen LogP contribution in [-0.4, -0.2) is 72.9 Å². The Hall–Kier alpha value is -3.57. The zero-order valence-electron chi connectivity index (χ0n) is 27.7. The number of carbonyl (C=O) groups is 1. The third-order valence-electron chi connectivity index (χ3n) is 8.23. The number of benzene rings is 2. The van der Waals surface area contributed by atoms with E-state index < -0.39 is 0 Å². The number of anilines is 1. The number of thiazole rings is 1. The second-order valence-electron chi connectivity index (χ2n) is 13.3. The van der Waals surface area contributed by atoms with Gasteiger partial charge in [-0.15, -0.1) is 0 Å². The summed E-state index contributed by atoms with van der Waals surface area (Å²) in [5, 5.41) is 7.18. The van der Waals surface area contributed by atoms with Crippen LogP contribution in [0.15, 0.2) is 59.3 Å². The van der Waals surface area contributed by atoms with Crippen molar-refractivity contribution in [2.75, 3.05) is 52.8 Å². The van der Waals surface area contributed by atoms with Gasteiger partial charge in [-0.1, -0.05) is 56.7 Å². The van der Waals surface area contributed by atoms with E-state index in [1.165, 1.54) is 35.0 Å². The molecule has 1 N–H and O–H groups in total. The van der Waals surface area contributed by atoms with Crippen molar-refractivity contribution in [3.63, 3.8) is 0 Å². The number of unbranched alkanes of at least 4 members (excludes halogenated alkanes) is 2. The zero-order chi connectivity index (χ0) is 32.2. The number of amides is 2. The van der Waals surface area contributed by atoms with Crippen LogP contribution in [0.5, 0.6) is 0 Å². The molecule has 240 valence electrons. The minimum Gasteiger partial charge on any atom is -0.380 e. The fraction of sp³-hybridized carbons (Fsp3) is 0.457. The van der Waals surface area contributed by atoms with Gasteiger partial charge in [0, 0.05) is 36.0 Å². The van der Waals surface area contributed by atoms with Crippen LogP contribution in [0, 0.1) is 0 Å². The standard InChI is InChI=1S/C35H46N6O3S/c1-8-43-21-20-39(5)19-11-9-10-12-25-13-18-29-30(22-25)45-33-37-28(24-40(29)33)26-14-16-27(17-15-26)36-34(42)41(6,7)32-23-31(44-38-32)35(2,3)4/h13-18,22-24H,8-12,19-21H2,1-7H3/p+1. The number of ether oxygens (including phenoxy) is 1. The lowest BCUT2D eigenvalue weighted by Crippen LogP contribution is -2.49. The first-order valence-corrected chi connectivity index (χ1v) is 16.7. The van der Waals surface area contributed by atoms with E-state index in [4.69, 9.17) is 14.2 Å². The minimum absolute atomic E-state index is 0.0829. The number of nitrogens with one attached hydrogen (secondary N) is 1. The molecule has 45 heavy (non-hydrogen) atoms. The summed E-state index contributed by atoms with van der Waals surface area (Å²) >= 11 is 1.72. The number of carbonyl (C=O) groups excluding carboxylic acids is 1. The number of hydrogen-bond acceptors (Lipinski definition) is 7. The Balaban J connectivity index is 1.17. The third kappa shape index (κ3) is 7.81. The van der Waals surface area contributed by atoms with Crippen LogP contribution in [0.25, 0.3) is 26.4 Å². The SMILES string of the molecule is CCOCCN(C)CCCCCc1ccc2c(c1)sc1nc(-c3ccc(NC(=O)[N+](C)(C)c4cc(C(C)(C)C)on4)cc3)cn12. The summed E-state index contributed by atoms with van der Waals surface area (Å²) < 4.78 is 14.3. The third-order valence-corrected chi connectivity index (χ3v) is 9.25. The largest absolute Gasteiger partial charge is 0.427 e. The molecule has 0 saturated carbocycles. The Morgan fingerprint density at radius 2 is 1.84 bits per heavy atom. The summed E-state index contributed by atoms with van der Waals surface area (Å²) in [6, 6.07) is 16.3. The Morgan fingerprint density at radius 1 is 1.07 bits per heavy atom. The number of aromatic nitrogens is 3. The van der Waals surface area contributed by atoms with Crippen molar-refractivity contribution >= 4 is 44.1 Å². The van der Waals surface area contributed by atoms with Crippen LogP contribution in [0.4, 0.5) is 16.3 Å². The van der Waals surface area contributed by atoms with E-state index in [-0.39, 0.29) is 15.9 Å². The van der Waals surface area contributed by atoms with Crippen LogP contribution in [0.3, 0.4) is 0 Å². The number of rotatable bonds is 13. The van der Waals surface area contributed by atoms with Gasteiger partial charge in [-0.2, -0.15) is 4.48 Å². The highest BCUT2D eigenvalue weighted by molar-refractivity contribution is 7.23. The van der Waals surface area contributed by atoms with Crippen molar-refractivity contribution < 1.29 is 14.1 Å². The molecule has 5 aromatic rings. The summed E-state index contributed by atoms with van der Waals surface area (Å²) in [6.07, 6.45) is 6.84. The molecule has 0 atom stereocenters. The number of imidazole rings is 1. The van der Waals surface area contributed by atoms with Gasteiger partial charge in [0.05, 0.1) is 42.7 Å². The predicted molar refractivity (Wildman–Crippen MR) is 185 cm³/mol. The molecule has 0 spiro atoms. The molecule has 2 aromatic carbocycles. The normalized spacial score (nSPS) is 12.5. The predicted octanol–water partition coefficient (Wildman–Crippen LogP) is 7.98.